The third kappa shape index (κ3) is 4.40. The lowest BCUT2D eigenvalue weighted by Crippen LogP contribution is -2.54. The predicted octanol–water partition coefficient (Wildman–Crippen LogP) is 0.910. The van der Waals surface area contributed by atoms with E-state index in [1.54, 1.807) is 11.8 Å². The average Bonchev–Trinajstić information content (AvgIpc) is 3.16. The number of hydrogen-bond acceptors (Lipinski definition) is 6. The minimum absolute atomic E-state index is 0. The van der Waals surface area contributed by atoms with Crippen LogP contribution in [0.4, 0.5) is 5.69 Å². The number of carbonyl (C=O) groups excluding carboxylic acids is 1. The molecule has 1 unspecified atom stereocenters. The van der Waals surface area contributed by atoms with Gasteiger partial charge in [-0.05, 0) is 31.9 Å². The van der Waals surface area contributed by atoms with Crippen LogP contribution in [0.2, 0.25) is 0 Å². The Morgan fingerprint density at radius 3 is 2.48 bits per heavy atom. The highest BCUT2D eigenvalue weighted by Crippen LogP contribution is 2.25. The molecule has 0 saturated carbocycles. The van der Waals surface area contributed by atoms with Gasteiger partial charge in [0.2, 0.25) is 15.9 Å². The van der Waals surface area contributed by atoms with Gasteiger partial charge in [-0.1, -0.05) is 6.07 Å². The van der Waals surface area contributed by atoms with Gasteiger partial charge in [-0.2, -0.15) is 4.31 Å². The molecule has 0 spiro atoms. The zero-order chi connectivity index (χ0) is 18.9. The first-order valence-corrected chi connectivity index (χ1v) is 10.0. The number of piperazine rings is 1. The fourth-order valence-corrected chi connectivity index (χ4v) is 5.05. The maximum Gasteiger partial charge on any atom is 0.270 e. The summed E-state index contributed by atoms with van der Waals surface area (Å²) in [6.45, 7) is 3.46. The predicted molar refractivity (Wildman–Crippen MR) is 101 cm³/mol. The summed E-state index contributed by atoms with van der Waals surface area (Å²) in [4.78, 5) is 24.4. The van der Waals surface area contributed by atoms with Crippen molar-refractivity contribution in [3.8, 4) is 0 Å². The van der Waals surface area contributed by atoms with Crippen molar-refractivity contribution in [3.05, 3.63) is 33.9 Å². The fourth-order valence-electron chi connectivity index (χ4n) is 3.38. The Hall–Kier alpha value is -1.75. The first-order chi connectivity index (χ1) is 12.3. The molecule has 1 atom stereocenters. The lowest BCUT2D eigenvalue weighted by atomic mass is 10.2. The Morgan fingerprint density at radius 2 is 1.93 bits per heavy atom. The molecular weight excluding hydrogens is 396 g/mol. The van der Waals surface area contributed by atoms with Crippen molar-refractivity contribution in [2.75, 3.05) is 32.7 Å². The summed E-state index contributed by atoms with van der Waals surface area (Å²) in [5.41, 5.74) is 0.208. The average molecular weight is 419 g/mol. The van der Waals surface area contributed by atoms with E-state index in [0.29, 0.717) is 18.7 Å². The smallest absolute Gasteiger partial charge is 0.270 e. The Kier molecular flexibility index (Phi) is 6.79. The molecule has 0 aliphatic carbocycles. The van der Waals surface area contributed by atoms with E-state index in [1.165, 1.54) is 16.4 Å². The van der Waals surface area contributed by atoms with Gasteiger partial charge in [-0.15, -0.1) is 12.4 Å². The molecular formula is C16H23ClN4O5S. The molecule has 3 rings (SSSR count). The van der Waals surface area contributed by atoms with Crippen LogP contribution in [-0.2, 0) is 14.8 Å². The number of nitrogens with one attached hydrogen (secondary N) is 1. The van der Waals surface area contributed by atoms with Crippen LogP contribution >= 0.6 is 12.4 Å². The molecule has 2 heterocycles. The monoisotopic (exact) mass is 418 g/mol. The topological polar surface area (TPSA) is 113 Å². The molecule has 2 saturated heterocycles. The van der Waals surface area contributed by atoms with Crippen molar-refractivity contribution in [2.24, 2.45) is 0 Å². The number of hydrogen-bond donors (Lipinski definition) is 1. The van der Waals surface area contributed by atoms with E-state index >= 15 is 0 Å². The van der Waals surface area contributed by atoms with Crippen LogP contribution in [0.15, 0.2) is 23.1 Å². The molecule has 0 bridgehead atoms. The molecule has 11 heteroatoms. The summed E-state index contributed by atoms with van der Waals surface area (Å²) < 4.78 is 27.1. The number of halogens is 1. The number of amides is 1. The molecule has 2 aliphatic heterocycles. The van der Waals surface area contributed by atoms with Crippen LogP contribution in [0.25, 0.3) is 0 Å². The number of benzene rings is 1. The number of carbonyl (C=O) groups is 1. The molecule has 2 aliphatic rings. The maximum absolute atomic E-state index is 12.9. The molecule has 1 aromatic carbocycles. The second-order valence-corrected chi connectivity index (χ2v) is 8.49. The molecule has 1 amide bonds. The zero-order valence-corrected chi connectivity index (χ0v) is 16.6. The van der Waals surface area contributed by atoms with Gasteiger partial charge >= 0.3 is 0 Å². The SMILES string of the molecule is Cc1ccc([N+](=O)[O-])cc1S(=O)(=O)N1CCN(C(=O)C2CCCN2)CC1.Cl. The van der Waals surface area contributed by atoms with Crippen LogP contribution in [-0.4, -0.2) is 67.2 Å². The van der Waals surface area contributed by atoms with E-state index in [9.17, 15) is 23.3 Å². The van der Waals surface area contributed by atoms with E-state index < -0.39 is 14.9 Å². The second kappa shape index (κ2) is 8.51. The highest BCUT2D eigenvalue weighted by molar-refractivity contribution is 7.89. The van der Waals surface area contributed by atoms with Gasteiger partial charge in [0, 0.05) is 38.3 Å². The quantitative estimate of drug-likeness (QED) is 0.574. The molecule has 0 aromatic heterocycles. The summed E-state index contributed by atoms with van der Waals surface area (Å²) in [5.74, 6) is 0.0195. The summed E-state index contributed by atoms with van der Waals surface area (Å²) in [6.07, 6.45) is 1.78. The summed E-state index contributed by atoms with van der Waals surface area (Å²) in [7, 11) is -3.84. The first-order valence-electron chi connectivity index (χ1n) is 8.58. The molecule has 27 heavy (non-hydrogen) atoms. The largest absolute Gasteiger partial charge is 0.339 e. The molecule has 1 aromatic rings. The number of non-ortho nitro benzene ring substituents is 1. The van der Waals surface area contributed by atoms with Crippen molar-refractivity contribution < 1.29 is 18.1 Å². The van der Waals surface area contributed by atoms with E-state index in [4.69, 9.17) is 0 Å². The van der Waals surface area contributed by atoms with Crippen molar-refractivity contribution in [1.29, 1.82) is 0 Å². The molecule has 1 N–H and O–H groups in total. The Morgan fingerprint density at radius 1 is 1.26 bits per heavy atom. The number of nitro benzene ring substituents is 1. The van der Waals surface area contributed by atoms with E-state index in [2.05, 4.69) is 5.32 Å². The van der Waals surface area contributed by atoms with Crippen molar-refractivity contribution >= 4 is 34.0 Å². The third-order valence-corrected chi connectivity index (χ3v) is 6.95. The van der Waals surface area contributed by atoms with Gasteiger partial charge in [-0.3, -0.25) is 14.9 Å². The van der Waals surface area contributed by atoms with E-state index in [0.717, 1.165) is 25.5 Å². The highest BCUT2D eigenvalue weighted by atomic mass is 35.5. The van der Waals surface area contributed by atoms with Crippen LogP contribution in [0, 0.1) is 17.0 Å². The number of nitrogens with zero attached hydrogens (tertiary/aromatic N) is 3. The van der Waals surface area contributed by atoms with E-state index in [-0.39, 0.29) is 48.0 Å². The lowest BCUT2D eigenvalue weighted by molar-refractivity contribution is -0.385. The maximum atomic E-state index is 12.9. The van der Waals surface area contributed by atoms with Crippen LogP contribution < -0.4 is 5.32 Å². The Balaban J connectivity index is 0.00000261. The Labute approximate surface area is 164 Å². The molecule has 0 radical (unpaired) electrons. The lowest BCUT2D eigenvalue weighted by Gasteiger charge is -2.35. The first kappa shape index (κ1) is 21.5. The molecule has 150 valence electrons. The number of rotatable bonds is 4. The second-order valence-electron chi connectivity index (χ2n) is 6.59. The summed E-state index contributed by atoms with van der Waals surface area (Å²) in [6, 6.07) is 3.66. The van der Waals surface area contributed by atoms with E-state index in [1.807, 2.05) is 0 Å². The van der Waals surface area contributed by atoms with Crippen LogP contribution in [0.1, 0.15) is 18.4 Å². The number of sulfonamides is 1. The van der Waals surface area contributed by atoms with Crippen LogP contribution in [0.3, 0.4) is 0 Å². The standard InChI is InChI=1S/C16H22N4O5S.ClH/c1-12-4-5-13(20(22)23)11-15(12)26(24,25)19-9-7-18(8-10-19)16(21)14-3-2-6-17-14;/h4-5,11,14,17H,2-3,6-10H2,1H3;1H. The molecule has 2 fully saturated rings. The summed E-state index contributed by atoms with van der Waals surface area (Å²) in [5, 5.41) is 14.1. The van der Waals surface area contributed by atoms with Crippen LogP contribution in [0.5, 0.6) is 0 Å². The number of aryl methyl sites for hydroxylation is 1. The van der Waals surface area contributed by atoms with Gasteiger partial charge in [0.05, 0.1) is 15.9 Å². The summed E-state index contributed by atoms with van der Waals surface area (Å²) >= 11 is 0. The zero-order valence-electron chi connectivity index (χ0n) is 15.0. The highest BCUT2D eigenvalue weighted by Gasteiger charge is 2.34. The Bertz CT molecular complexity index is 818. The van der Waals surface area contributed by atoms with Crippen molar-refractivity contribution in [3.63, 3.8) is 0 Å². The van der Waals surface area contributed by atoms with Gasteiger partial charge in [0.25, 0.3) is 5.69 Å². The van der Waals surface area contributed by atoms with Crippen molar-refractivity contribution in [2.45, 2.75) is 30.7 Å². The molecule has 9 nitrogen and oxygen atoms in total. The van der Waals surface area contributed by atoms with Gasteiger partial charge in [0.15, 0.2) is 0 Å². The van der Waals surface area contributed by atoms with Gasteiger partial charge < -0.3 is 10.2 Å². The normalized spacial score (nSPS) is 20.9. The fraction of sp³-hybridized carbons (Fsp3) is 0.562. The minimum Gasteiger partial charge on any atom is -0.339 e. The minimum atomic E-state index is -3.84. The third-order valence-electron chi connectivity index (χ3n) is 4.91. The number of nitro groups is 1. The van der Waals surface area contributed by atoms with Gasteiger partial charge in [0.1, 0.15) is 0 Å². The van der Waals surface area contributed by atoms with Gasteiger partial charge in [-0.25, -0.2) is 8.42 Å². The van der Waals surface area contributed by atoms with Crippen molar-refractivity contribution in [1.82, 2.24) is 14.5 Å².